The van der Waals surface area contributed by atoms with Crippen LogP contribution in [0.4, 0.5) is 5.13 Å². The van der Waals surface area contributed by atoms with E-state index in [9.17, 15) is 0 Å². The number of hydrogen-bond donors (Lipinski definition) is 1. The highest BCUT2D eigenvalue weighted by atomic mass is 35.5. The Morgan fingerprint density at radius 2 is 2.12 bits per heavy atom. The lowest BCUT2D eigenvalue weighted by Crippen LogP contribution is -2.03. The number of hydrogen-bond acceptors (Lipinski definition) is 4. The fraction of sp³-hybridized carbons (Fsp3) is 0.182. The van der Waals surface area contributed by atoms with E-state index in [1.807, 2.05) is 23.2 Å². The zero-order valence-electron chi connectivity index (χ0n) is 8.52. The summed E-state index contributed by atoms with van der Waals surface area (Å²) in [7, 11) is 0. The van der Waals surface area contributed by atoms with Gasteiger partial charge in [0.15, 0.2) is 5.13 Å². The van der Waals surface area contributed by atoms with E-state index in [4.69, 9.17) is 11.6 Å². The van der Waals surface area contributed by atoms with Crippen molar-refractivity contribution < 1.29 is 0 Å². The Morgan fingerprint density at radius 3 is 2.81 bits per heavy atom. The van der Waals surface area contributed by atoms with Crippen LogP contribution in [0.25, 0.3) is 0 Å². The average Bonchev–Trinajstić information content (AvgIpc) is 2.72. The second-order valence-corrected chi connectivity index (χ2v) is 5.48. The first-order valence-corrected chi connectivity index (χ1v) is 7.11. The second-order valence-electron chi connectivity index (χ2n) is 3.06. The van der Waals surface area contributed by atoms with E-state index in [-0.39, 0.29) is 0 Å². The first-order valence-electron chi connectivity index (χ1n) is 4.87. The molecule has 5 heteroatoms. The fourth-order valence-electron chi connectivity index (χ4n) is 1.18. The molecule has 0 saturated carbocycles. The topological polar surface area (TPSA) is 24.9 Å². The Kier molecular flexibility index (Phi) is 4.51. The maximum atomic E-state index is 5.72. The molecule has 1 aromatic carbocycles. The van der Waals surface area contributed by atoms with Crippen molar-refractivity contribution in [3.05, 3.63) is 40.9 Å². The van der Waals surface area contributed by atoms with E-state index >= 15 is 0 Å². The molecule has 0 amide bonds. The van der Waals surface area contributed by atoms with Crippen molar-refractivity contribution in [2.24, 2.45) is 0 Å². The molecule has 1 heterocycles. The highest BCUT2D eigenvalue weighted by Gasteiger charge is 1.98. The third kappa shape index (κ3) is 3.70. The molecular weight excluding hydrogens is 260 g/mol. The van der Waals surface area contributed by atoms with E-state index in [2.05, 4.69) is 34.6 Å². The standard InChI is InChI=1S/C11H11ClN2S2/c12-10-8-16-11(14-10)13-6-7-15-9-4-2-1-3-5-9/h1-5,8H,6-7H2,(H,13,14). The zero-order chi connectivity index (χ0) is 11.2. The minimum absolute atomic E-state index is 0.559. The molecule has 0 atom stereocenters. The minimum Gasteiger partial charge on any atom is -0.361 e. The SMILES string of the molecule is Clc1csc(NCCSc2ccccc2)n1. The molecule has 2 nitrogen and oxygen atoms in total. The van der Waals surface area contributed by atoms with Gasteiger partial charge in [0.1, 0.15) is 5.15 Å². The fourth-order valence-corrected chi connectivity index (χ4v) is 2.83. The van der Waals surface area contributed by atoms with Crippen molar-refractivity contribution in [2.75, 3.05) is 17.6 Å². The molecule has 0 aliphatic heterocycles. The maximum Gasteiger partial charge on any atom is 0.184 e. The molecule has 1 N–H and O–H groups in total. The first kappa shape index (κ1) is 11.8. The third-order valence-corrected chi connectivity index (χ3v) is 4.00. The molecule has 2 rings (SSSR count). The van der Waals surface area contributed by atoms with Crippen LogP contribution in [0.2, 0.25) is 5.15 Å². The van der Waals surface area contributed by atoms with E-state index in [1.54, 1.807) is 0 Å². The quantitative estimate of drug-likeness (QED) is 0.657. The molecule has 0 saturated heterocycles. The Bertz CT molecular complexity index is 431. The Morgan fingerprint density at radius 1 is 1.31 bits per heavy atom. The van der Waals surface area contributed by atoms with Gasteiger partial charge in [-0.1, -0.05) is 29.8 Å². The number of anilines is 1. The van der Waals surface area contributed by atoms with Gasteiger partial charge in [-0.05, 0) is 12.1 Å². The van der Waals surface area contributed by atoms with Crippen LogP contribution >= 0.6 is 34.7 Å². The second kappa shape index (κ2) is 6.13. The largest absolute Gasteiger partial charge is 0.361 e. The summed E-state index contributed by atoms with van der Waals surface area (Å²) in [4.78, 5) is 5.41. The number of thioether (sulfide) groups is 1. The minimum atomic E-state index is 0.559. The average molecular weight is 271 g/mol. The smallest absolute Gasteiger partial charge is 0.184 e. The van der Waals surface area contributed by atoms with Crippen LogP contribution < -0.4 is 5.32 Å². The van der Waals surface area contributed by atoms with Crippen molar-refractivity contribution in [3.63, 3.8) is 0 Å². The van der Waals surface area contributed by atoms with Crippen LogP contribution in [0.1, 0.15) is 0 Å². The van der Waals surface area contributed by atoms with Crippen molar-refractivity contribution >= 4 is 39.8 Å². The molecule has 1 aromatic heterocycles. The van der Waals surface area contributed by atoms with Crippen LogP contribution in [-0.4, -0.2) is 17.3 Å². The summed E-state index contributed by atoms with van der Waals surface area (Å²) in [6.45, 7) is 0.892. The highest BCUT2D eigenvalue weighted by molar-refractivity contribution is 7.99. The van der Waals surface area contributed by atoms with Crippen molar-refractivity contribution in [2.45, 2.75) is 4.90 Å². The van der Waals surface area contributed by atoms with Gasteiger partial charge in [-0.3, -0.25) is 0 Å². The summed E-state index contributed by atoms with van der Waals surface area (Å²) in [5.41, 5.74) is 0. The summed E-state index contributed by atoms with van der Waals surface area (Å²) >= 11 is 9.08. The Balaban J connectivity index is 1.69. The Labute approximate surface area is 108 Å². The number of thiazole rings is 1. The molecule has 0 aliphatic rings. The molecule has 0 bridgehead atoms. The maximum absolute atomic E-state index is 5.72. The summed E-state index contributed by atoms with van der Waals surface area (Å²) < 4.78 is 0. The summed E-state index contributed by atoms with van der Waals surface area (Å²) in [5, 5.41) is 6.51. The first-order chi connectivity index (χ1) is 7.84. The zero-order valence-corrected chi connectivity index (χ0v) is 10.9. The molecule has 0 unspecified atom stereocenters. The Hall–Kier alpha value is -0.710. The molecule has 0 fully saturated rings. The van der Waals surface area contributed by atoms with E-state index in [1.165, 1.54) is 16.2 Å². The number of halogens is 1. The monoisotopic (exact) mass is 270 g/mol. The van der Waals surface area contributed by atoms with Gasteiger partial charge < -0.3 is 5.32 Å². The van der Waals surface area contributed by atoms with Crippen LogP contribution in [-0.2, 0) is 0 Å². The summed E-state index contributed by atoms with van der Waals surface area (Å²) in [5.74, 6) is 1.02. The van der Waals surface area contributed by atoms with Gasteiger partial charge in [-0.15, -0.1) is 23.1 Å². The van der Waals surface area contributed by atoms with Crippen LogP contribution in [0, 0.1) is 0 Å². The highest BCUT2D eigenvalue weighted by Crippen LogP contribution is 2.20. The van der Waals surface area contributed by atoms with Gasteiger partial charge in [-0.25, -0.2) is 4.98 Å². The lowest BCUT2D eigenvalue weighted by atomic mass is 10.4. The van der Waals surface area contributed by atoms with Crippen LogP contribution in [0.15, 0.2) is 40.6 Å². The predicted molar refractivity (Wildman–Crippen MR) is 72.8 cm³/mol. The molecule has 16 heavy (non-hydrogen) atoms. The molecule has 0 spiro atoms. The van der Waals surface area contributed by atoms with E-state index < -0.39 is 0 Å². The van der Waals surface area contributed by atoms with Gasteiger partial charge in [0.25, 0.3) is 0 Å². The van der Waals surface area contributed by atoms with Crippen molar-refractivity contribution in [1.29, 1.82) is 0 Å². The number of benzene rings is 1. The molecule has 84 valence electrons. The van der Waals surface area contributed by atoms with Crippen LogP contribution in [0.5, 0.6) is 0 Å². The van der Waals surface area contributed by atoms with Gasteiger partial charge in [0.2, 0.25) is 0 Å². The van der Waals surface area contributed by atoms with E-state index in [0.717, 1.165) is 17.4 Å². The molecule has 0 aliphatic carbocycles. The van der Waals surface area contributed by atoms with Gasteiger partial charge in [0.05, 0.1) is 0 Å². The van der Waals surface area contributed by atoms with Crippen molar-refractivity contribution in [1.82, 2.24) is 4.98 Å². The van der Waals surface area contributed by atoms with Gasteiger partial charge >= 0.3 is 0 Å². The van der Waals surface area contributed by atoms with Gasteiger partial charge in [-0.2, -0.15) is 0 Å². The summed E-state index contributed by atoms with van der Waals surface area (Å²) in [6.07, 6.45) is 0. The number of nitrogens with one attached hydrogen (secondary N) is 1. The van der Waals surface area contributed by atoms with Gasteiger partial charge in [0, 0.05) is 22.6 Å². The third-order valence-electron chi connectivity index (χ3n) is 1.87. The number of nitrogens with zero attached hydrogens (tertiary/aromatic N) is 1. The number of rotatable bonds is 5. The molecule has 0 radical (unpaired) electrons. The predicted octanol–water partition coefficient (Wildman–Crippen LogP) is 4.00. The van der Waals surface area contributed by atoms with Crippen molar-refractivity contribution in [3.8, 4) is 0 Å². The summed E-state index contributed by atoms with van der Waals surface area (Å²) in [6, 6.07) is 10.4. The number of aromatic nitrogens is 1. The molecule has 2 aromatic rings. The lowest BCUT2D eigenvalue weighted by Gasteiger charge is -2.02. The lowest BCUT2D eigenvalue weighted by molar-refractivity contribution is 1.20. The van der Waals surface area contributed by atoms with Crippen LogP contribution in [0.3, 0.4) is 0 Å². The normalized spacial score (nSPS) is 10.3. The molecular formula is C11H11ClN2S2. The van der Waals surface area contributed by atoms with E-state index in [0.29, 0.717) is 5.15 Å².